The summed E-state index contributed by atoms with van der Waals surface area (Å²) >= 11 is 3.90. The number of hydrogen-bond donors (Lipinski definition) is 0. The van der Waals surface area contributed by atoms with Crippen LogP contribution in [0.5, 0.6) is 0 Å². The first-order valence-corrected chi connectivity index (χ1v) is 8.92. The van der Waals surface area contributed by atoms with E-state index in [2.05, 4.69) is 17.1 Å². The minimum absolute atomic E-state index is 0.287. The van der Waals surface area contributed by atoms with Crippen LogP contribution in [0.3, 0.4) is 0 Å². The Kier molecular flexibility index (Phi) is 4.17. The average molecular weight is 298 g/mol. The molecule has 1 aromatic rings. The Labute approximate surface area is 121 Å². The lowest BCUT2D eigenvalue weighted by molar-refractivity contribution is -0.120. The van der Waals surface area contributed by atoms with Gasteiger partial charge in [-0.15, -0.1) is 11.8 Å². The molecular formula is C13H18N2O2S2. The summed E-state index contributed by atoms with van der Waals surface area (Å²) in [5.74, 6) is 4.60. The summed E-state index contributed by atoms with van der Waals surface area (Å²) in [7, 11) is 0. The number of hydrogen-bond acceptors (Lipinski definition) is 6. The smallest absolute Gasteiger partial charge is 0.229 e. The van der Waals surface area contributed by atoms with E-state index in [-0.39, 0.29) is 5.92 Å². The molecule has 0 amide bonds. The van der Waals surface area contributed by atoms with Gasteiger partial charge in [0, 0.05) is 35.5 Å². The Morgan fingerprint density at radius 3 is 2.68 bits per heavy atom. The fraction of sp³-hybridized carbons (Fsp3) is 0.769. The van der Waals surface area contributed by atoms with Gasteiger partial charge in [0.2, 0.25) is 5.89 Å². The number of aromatic nitrogens is 2. The van der Waals surface area contributed by atoms with E-state index in [0.717, 1.165) is 30.3 Å². The van der Waals surface area contributed by atoms with Crippen molar-refractivity contribution in [2.45, 2.75) is 49.0 Å². The summed E-state index contributed by atoms with van der Waals surface area (Å²) in [4.78, 5) is 15.9. The summed E-state index contributed by atoms with van der Waals surface area (Å²) < 4.78 is 5.45. The molecule has 0 N–H and O–H groups in total. The molecule has 6 heteroatoms. The zero-order valence-corrected chi connectivity index (χ0v) is 12.6. The Morgan fingerprint density at radius 1 is 1.21 bits per heavy atom. The summed E-state index contributed by atoms with van der Waals surface area (Å²) in [6.45, 7) is 2.23. The molecule has 2 heterocycles. The molecule has 2 aliphatic rings. The van der Waals surface area contributed by atoms with Crippen molar-refractivity contribution < 1.29 is 9.32 Å². The van der Waals surface area contributed by atoms with E-state index in [1.54, 1.807) is 0 Å². The van der Waals surface area contributed by atoms with Crippen LogP contribution in [-0.2, 0) is 4.79 Å². The van der Waals surface area contributed by atoms with Crippen molar-refractivity contribution in [1.29, 1.82) is 0 Å². The van der Waals surface area contributed by atoms with Crippen molar-refractivity contribution in [3.8, 4) is 0 Å². The predicted octanol–water partition coefficient (Wildman–Crippen LogP) is 3.21. The van der Waals surface area contributed by atoms with Gasteiger partial charge < -0.3 is 4.52 Å². The van der Waals surface area contributed by atoms with Gasteiger partial charge in [0.05, 0.1) is 5.25 Å². The van der Waals surface area contributed by atoms with Crippen LogP contribution in [0.25, 0.3) is 0 Å². The molecule has 1 aliphatic heterocycles. The van der Waals surface area contributed by atoms with Gasteiger partial charge in [-0.2, -0.15) is 16.7 Å². The minimum atomic E-state index is 0.287. The van der Waals surface area contributed by atoms with Crippen molar-refractivity contribution in [3.05, 3.63) is 11.7 Å². The lowest BCUT2D eigenvalue weighted by Gasteiger charge is -2.24. The molecule has 104 valence electrons. The summed E-state index contributed by atoms with van der Waals surface area (Å²) in [5.41, 5.74) is 0. The highest BCUT2D eigenvalue weighted by atomic mass is 32.2. The van der Waals surface area contributed by atoms with Gasteiger partial charge >= 0.3 is 0 Å². The highest BCUT2D eigenvalue weighted by Crippen LogP contribution is 2.41. The van der Waals surface area contributed by atoms with Crippen LogP contribution in [-0.4, -0.2) is 32.7 Å². The summed E-state index contributed by atoms with van der Waals surface area (Å²) in [6.07, 6.45) is 3.05. The molecule has 2 unspecified atom stereocenters. The van der Waals surface area contributed by atoms with Crippen LogP contribution in [0.2, 0.25) is 0 Å². The zero-order chi connectivity index (χ0) is 13.2. The molecule has 1 aliphatic carbocycles. The largest absolute Gasteiger partial charge is 0.339 e. The quantitative estimate of drug-likeness (QED) is 0.835. The van der Waals surface area contributed by atoms with Gasteiger partial charge in [-0.3, -0.25) is 4.79 Å². The van der Waals surface area contributed by atoms with Gasteiger partial charge in [0.25, 0.3) is 0 Å². The molecule has 19 heavy (non-hydrogen) atoms. The zero-order valence-electron chi connectivity index (χ0n) is 11.0. The average Bonchev–Trinajstić information content (AvgIpc) is 2.89. The van der Waals surface area contributed by atoms with E-state index >= 15 is 0 Å². The van der Waals surface area contributed by atoms with Crippen molar-refractivity contribution in [1.82, 2.24) is 10.1 Å². The second-order valence-corrected chi connectivity index (χ2v) is 7.91. The molecular weight excluding hydrogens is 280 g/mol. The number of rotatable bonds is 2. The van der Waals surface area contributed by atoms with Crippen LogP contribution >= 0.6 is 23.5 Å². The number of carbonyl (C=O) groups excluding carboxylic acids is 1. The number of carbonyl (C=O) groups is 1. The fourth-order valence-corrected chi connectivity index (χ4v) is 5.31. The van der Waals surface area contributed by atoms with Crippen molar-refractivity contribution >= 4 is 29.3 Å². The molecule has 1 aromatic heterocycles. The molecule has 1 saturated heterocycles. The van der Waals surface area contributed by atoms with E-state index in [1.165, 1.54) is 5.75 Å². The second kappa shape index (κ2) is 5.87. The van der Waals surface area contributed by atoms with Crippen molar-refractivity contribution in [3.63, 3.8) is 0 Å². The Hall–Kier alpha value is -0.490. The highest BCUT2D eigenvalue weighted by Gasteiger charge is 2.31. The highest BCUT2D eigenvalue weighted by molar-refractivity contribution is 8.06. The van der Waals surface area contributed by atoms with Crippen molar-refractivity contribution in [2.24, 2.45) is 0 Å². The third-order valence-corrected chi connectivity index (χ3v) is 6.88. The van der Waals surface area contributed by atoms with E-state index in [4.69, 9.17) is 4.52 Å². The Morgan fingerprint density at radius 2 is 1.95 bits per heavy atom. The van der Waals surface area contributed by atoms with E-state index in [0.29, 0.717) is 29.1 Å². The maximum Gasteiger partial charge on any atom is 0.229 e. The number of nitrogens with zero attached hydrogens (tertiary/aromatic N) is 2. The molecule has 2 atom stereocenters. The first-order chi connectivity index (χ1) is 9.24. The number of ketones is 1. The van der Waals surface area contributed by atoms with Gasteiger partial charge in [0.15, 0.2) is 5.82 Å². The lowest BCUT2D eigenvalue weighted by Crippen LogP contribution is -2.17. The van der Waals surface area contributed by atoms with Gasteiger partial charge in [0.1, 0.15) is 5.78 Å². The monoisotopic (exact) mass is 298 g/mol. The molecule has 1 saturated carbocycles. The molecule has 4 nitrogen and oxygen atoms in total. The topological polar surface area (TPSA) is 56.0 Å². The number of Topliss-reactive ketones (excluding diaryl/α,β-unsaturated/α-hetero) is 1. The van der Waals surface area contributed by atoms with Crippen molar-refractivity contribution in [2.75, 3.05) is 11.5 Å². The molecule has 0 spiro atoms. The van der Waals surface area contributed by atoms with E-state index in [1.807, 2.05) is 23.5 Å². The minimum Gasteiger partial charge on any atom is -0.339 e. The maximum absolute atomic E-state index is 11.3. The van der Waals surface area contributed by atoms with E-state index < -0.39 is 0 Å². The van der Waals surface area contributed by atoms with Crippen LogP contribution in [0, 0.1) is 0 Å². The lowest BCUT2D eigenvalue weighted by atomic mass is 9.88. The first-order valence-electron chi connectivity index (χ1n) is 6.82. The second-order valence-electron chi connectivity index (χ2n) is 5.17. The molecule has 0 radical (unpaired) electrons. The van der Waals surface area contributed by atoms with Crippen LogP contribution in [0.4, 0.5) is 0 Å². The third kappa shape index (κ3) is 2.99. The Balaban J connectivity index is 1.70. The fourth-order valence-electron chi connectivity index (χ4n) is 2.63. The van der Waals surface area contributed by atoms with Gasteiger partial charge in [-0.05, 0) is 12.8 Å². The van der Waals surface area contributed by atoms with Gasteiger partial charge in [-0.25, -0.2) is 0 Å². The Bertz CT molecular complexity index is 453. The maximum atomic E-state index is 11.3. The van der Waals surface area contributed by atoms with Crippen LogP contribution < -0.4 is 0 Å². The summed E-state index contributed by atoms with van der Waals surface area (Å²) in [5, 5.41) is 5.07. The van der Waals surface area contributed by atoms with E-state index in [9.17, 15) is 4.79 Å². The van der Waals surface area contributed by atoms with Crippen LogP contribution in [0.1, 0.15) is 55.5 Å². The van der Waals surface area contributed by atoms with Gasteiger partial charge in [-0.1, -0.05) is 12.1 Å². The van der Waals surface area contributed by atoms with Crippen LogP contribution in [0.15, 0.2) is 4.52 Å². The number of thioether (sulfide) groups is 2. The molecule has 0 bridgehead atoms. The first kappa shape index (κ1) is 13.5. The normalized spacial score (nSPS) is 29.6. The third-order valence-electron chi connectivity index (χ3n) is 3.79. The summed E-state index contributed by atoms with van der Waals surface area (Å²) in [6, 6.07) is 0. The molecule has 0 aromatic carbocycles. The molecule has 3 rings (SSSR count). The molecule has 2 fully saturated rings. The predicted molar refractivity (Wildman–Crippen MR) is 77.6 cm³/mol. The SMILES string of the molecule is CC1SCCSC1c1noc(C2CCC(=O)CC2)n1. The standard InChI is InChI=1S/C13H18N2O2S2/c1-8-11(19-7-6-18-8)12-14-13(17-15-12)9-2-4-10(16)5-3-9/h8-9,11H,2-7H2,1H3.